The van der Waals surface area contributed by atoms with Gasteiger partial charge in [0.2, 0.25) is 5.95 Å². The molecule has 7 rings (SSSR count). The summed E-state index contributed by atoms with van der Waals surface area (Å²) in [6, 6.07) is 6.81. The lowest BCUT2D eigenvalue weighted by Crippen LogP contribution is -2.40. The van der Waals surface area contributed by atoms with Gasteiger partial charge in [-0.25, -0.2) is 9.97 Å². The lowest BCUT2D eigenvalue weighted by atomic mass is 9.85. The Hall–Kier alpha value is -3.97. The fraction of sp³-hybridized carbons (Fsp3) is 0.455. The Bertz CT molecular complexity index is 1890. The lowest BCUT2D eigenvalue weighted by molar-refractivity contribution is -0.182. The SMILES string of the molecule is Cn1ccnc1C(=O)NCc1ccc(Cl)c(Nc2nc3cc(C(=O)NC4CCC(C(F)(F)F)CC4)c(N4CC5CC5C4)cc3n2C)c1Cl. The largest absolute Gasteiger partial charge is 0.391 e. The summed E-state index contributed by atoms with van der Waals surface area (Å²) in [5.74, 6) is -0.0493. The predicted octanol–water partition coefficient (Wildman–Crippen LogP) is 6.59. The first-order valence-corrected chi connectivity index (χ1v) is 16.8. The van der Waals surface area contributed by atoms with Crippen molar-refractivity contribution >= 4 is 63.4 Å². The number of carbonyl (C=O) groups is 2. The van der Waals surface area contributed by atoms with Crippen molar-refractivity contribution in [1.82, 2.24) is 29.7 Å². The van der Waals surface area contributed by atoms with Gasteiger partial charge in [0.15, 0.2) is 5.82 Å². The highest BCUT2D eigenvalue weighted by atomic mass is 35.5. The van der Waals surface area contributed by atoms with Crippen molar-refractivity contribution in [2.45, 2.75) is 50.9 Å². The highest BCUT2D eigenvalue weighted by Crippen LogP contribution is 2.47. The first-order valence-electron chi connectivity index (χ1n) is 16.0. The van der Waals surface area contributed by atoms with Crippen LogP contribution in [0.1, 0.15) is 58.6 Å². The zero-order valence-corrected chi connectivity index (χ0v) is 27.9. The van der Waals surface area contributed by atoms with Gasteiger partial charge in [0.25, 0.3) is 11.8 Å². The molecule has 2 saturated carbocycles. The standard InChI is InChI=1S/C33H35Cl2F3N8O2/c1-44-10-9-39-29(44)31(48)40-14-17-3-8-23(34)28(27(17)35)43-32-42-24-12-22(30(47)41-21-6-4-20(5-7-21)33(36,37)38)25(13-26(24)45(32)2)46-15-18-11-19(18)16-46/h3,8-10,12-13,18-21H,4-7,11,14-16H2,1-2H3,(H,40,48)(H,41,47)(H,42,43). The van der Waals surface area contributed by atoms with E-state index in [9.17, 15) is 22.8 Å². The molecule has 15 heteroatoms. The smallest absolute Gasteiger partial charge is 0.370 e. The number of amides is 2. The van der Waals surface area contributed by atoms with Crippen molar-refractivity contribution in [3.63, 3.8) is 0 Å². The van der Waals surface area contributed by atoms with Gasteiger partial charge in [-0.3, -0.25) is 9.59 Å². The molecule has 2 atom stereocenters. The van der Waals surface area contributed by atoms with Crippen LogP contribution in [0, 0.1) is 17.8 Å². The topological polar surface area (TPSA) is 109 Å². The molecule has 0 radical (unpaired) electrons. The van der Waals surface area contributed by atoms with Gasteiger partial charge in [-0.15, -0.1) is 0 Å². The van der Waals surface area contributed by atoms with E-state index in [0.717, 1.165) is 24.3 Å². The average molecular weight is 704 g/mol. The van der Waals surface area contributed by atoms with Crippen molar-refractivity contribution in [2.75, 3.05) is 23.3 Å². The van der Waals surface area contributed by atoms with Crippen LogP contribution in [0.4, 0.5) is 30.5 Å². The quantitative estimate of drug-likeness (QED) is 0.191. The van der Waals surface area contributed by atoms with E-state index in [-0.39, 0.29) is 55.9 Å². The normalized spacial score (nSPS) is 22.1. The number of nitrogens with zero attached hydrogens (tertiary/aromatic N) is 5. The molecule has 2 aromatic carbocycles. The molecule has 2 amide bonds. The van der Waals surface area contributed by atoms with Crippen LogP contribution in [0.25, 0.3) is 11.0 Å². The third-order valence-corrected chi connectivity index (χ3v) is 10.7. The summed E-state index contributed by atoms with van der Waals surface area (Å²) in [4.78, 5) is 37.4. The molecule has 3 fully saturated rings. The Kier molecular flexibility index (Phi) is 8.47. The number of imidazole rings is 2. The zero-order valence-electron chi connectivity index (χ0n) is 26.4. The van der Waals surface area contributed by atoms with E-state index in [0.29, 0.717) is 50.2 Å². The molecule has 48 heavy (non-hydrogen) atoms. The molecule has 4 aromatic rings. The maximum absolute atomic E-state index is 13.7. The minimum absolute atomic E-state index is 0.00784. The molecule has 3 N–H and O–H groups in total. The van der Waals surface area contributed by atoms with Gasteiger partial charge in [0.05, 0.1) is 43.9 Å². The number of fused-ring (bicyclic) bond motifs is 2. The summed E-state index contributed by atoms with van der Waals surface area (Å²) in [7, 11) is 3.58. The van der Waals surface area contributed by atoms with Crippen LogP contribution in [-0.2, 0) is 20.6 Å². The van der Waals surface area contributed by atoms with Crippen molar-refractivity contribution in [1.29, 1.82) is 0 Å². The first kappa shape index (κ1) is 32.6. The molecular weight excluding hydrogens is 668 g/mol. The van der Waals surface area contributed by atoms with Crippen molar-refractivity contribution in [3.05, 3.63) is 63.7 Å². The summed E-state index contributed by atoms with van der Waals surface area (Å²) in [6.07, 6.45) is 0.791. The minimum Gasteiger partial charge on any atom is -0.370 e. The van der Waals surface area contributed by atoms with E-state index in [4.69, 9.17) is 28.2 Å². The van der Waals surface area contributed by atoms with E-state index < -0.39 is 12.1 Å². The van der Waals surface area contributed by atoms with Crippen LogP contribution in [0.5, 0.6) is 0 Å². The number of rotatable bonds is 8. The second-order valence-electron chi connectivity index (χ2n) is 13.1. The second kappa shape index (κ2) is 12.5. The molecule has 2 aliphatic carbocycles. The van der Waals surface area contributed by atoms with Gasteiger partial charge in [-0.05, 0) is 67.7 Å². The van der Waals surface area contributed by atoms with Gasteiger partial charge in [0, 0.05) is 52.2 Å². The average Bonchev–Trinajstić information content (AvgIpc) is 3.32. The fourth-order valence-corrected chi connectivity index (χ4v) is 7.54. The van der Waals surface area contributed by atoms with E-state index in [2.05, 4.69) is 25.8 Å². The third kappa shape index (κ3) is 6.29. The number of piperidine rings is 1. The predicted molar refractivity (Wildman–Crippen MR) is 178 cm³/mol. The van der Waals surface area contributed by atoms with Gasteiger partial charge in [-0.1, -0.05) is 29.3 Å². The van der Waals surface area contributed by atoms with Crippen LogP contribution >= 0.6 is 23.2 Å². The molecule has 3 heterocycles. The monoisotopic (exact) mass is 702 g/mol. The molecule has 2 aromatic heterocycles. The van der Waals surface area contributed by atoms with Crippen LogP contribution in [-0.4, -0.2) is 56.2 Å². The number of alkyl halides is 3. The van der Waals surface area contributed by atoms with Crippen LogP contribution in [0.3, 0.4) is 0 Å². The number of halogens is 5. The molecule has 0 bridgehead atoms. The molecule has 1 saturated heterocycles. The molecule has 0 spiro atoms. The van der Waals surface area contributed by atoms with E-state index in [1.54, 1.807) is 42.2 Å². The van der Waals surface area contributed by atoms with Crippen molar-refractivity contribution in [2.24, 2.45) is 31.8 Å². The number of hydrogen-bond donors (Lipinski definition) is 3. The lowest BCUT2D eigenvalue weighted by Gasteiger charge is -2.31. The van der Waals surface area contributed by atoms with E-state index in [1.165, 1.54) is 6.42 Å². The Morgan fingerprint density at radius 2 is 1.75 bits per heavy atom. The minimum atomic E-state index is -4.21. The van der Waals surface area contributed by atoms with Crippen LogP contribution < -0.4 is 20.9 Å². The van der Waals surface area contributed by atoms with Gasteiger partial charge >= 0.3 is 6.18 Å². The highest BCUT2D eigenvalue weighted by Gasteiger charge is 2.46. The molecule has 2 unspecified atom stereocenters. The first-order chi connectivity index (χ1) is 22.9. The van der Waals surface area contributed by atoms with Gasteiger partial charge < -0.3 is 30.0 Å². The van der Waals surface area contributed by atoms with Gasteiger partial charge in [0.1, 0.15) is 0 Å². The molecule has 10 nitrogen and oxygen atoms in total. The number of hydrogen-bond acceptors (Lipinski definition) is 6. The number of aryl methyl sites for hydroxylation is 2. The molecule has 1 aliphatic heterocycles. The molecular formula is C33H35Cl2F3N8O2. The summed E-state index contributed by atoms with van der Waals surface area (Å²) >= 11 is 13.4. The van der Waals surface area contributed by atoms with E-state index in [1.807, 2.05) is 17.7 Å². The number of benzene rings is 2. The number of aromatic nitrogens is 4. The highest BCUT2D eigenvalue weighted by molar-refractivity contribution is 6.39. The van der Waals surface area contributed by atoms with Crippen molar-refractivity contribution in [3.8, 4) is 0 Å². The Morgan fingerprint density at radius 3 is 2.42 bits per heavy atom. The third-order valence-electron chi connectivity index (χ3n) is 9.96. The fourth-order valence-electron chi connectivity index (χ4n) is 7.00. The molecule has 254 valence electrons. The molecule has 3 aliphatic rings. The summed E-state index contributed by atoms with van der Waals surface area (Å²) in [6.45, 7) is 1.84. The number of carbonyl (C=O) groups excluding carboxylic acids is 2. The van der Waals surface area contributed by atoms with Crippen LogP contribution in [0.15, 0.2) is 36.7 Å². The second-order valence-corrected chi connectivity index (χ2v) is 13.9. The van der Waals surface area contributed by atoms with Gasteiger partial charge in [-0.2, -0.15) is 13.2 Å². The maximum atomic E-state index is 13.7. The van der Waals surface area contributed by atoms with E-state index >= 15 is 0 Å². The Balaban J connectivity index is 1.14. The Morgan fingerprint density at radius 1 is 1.02 bits per heavy atom. The van der Waals surface area contributed by atoms with Crippen LogP contribution in [0.2, 0.25) is 10.0 Å². The summed E-state index contributed by atoms with van der Waals surface area (Å²) < 4.78 is 43.2. The maximum Gasteiger partial charge on any atom is 0.391 e. The van der Waals surface area contributed by atoms with Crippen molar-refractivity contribution < 1.29 is 22.8 Å². The number of anilines is 3. The zero-order chi connectivity index (χ0) is 33.9. The Labute approximate surface area is 285 Å². The number of nitrogens with one attached hydrogen (secondary N) is 3. The summed E-state index contributed by atoms with van der Waals surface area (Å²) in [5.41, 5.74) is 3.61. The summed E-state index contributed by atoms with van der Waals surface area (Å²) in [5, 5.41) is 9.76.